The van der Waals surface area contributed by atoms with Gasteiger partial charge in [-0.05, 0) is 37.7 Å². The van der Waals surface area contributed by atoms with Crippen LogP contribution in [0.5, 0.6) is 17.2 Å². The van der Waals surface area contributed by atoms with E-state index < -0.39 is 5.97 Å². The van der Waals surface area contributed by atoms with Crippen molar-refractivity contribution in [2.45, 2.75) is 24.9 Å². The van der Waals surface area contributed by atoms with Crippen LogP contribution in [0.1, 0.15) is 22.4 Å². The Labute approximate surface area is 209 Å². The fourth-order valence-corrected chi connectivity index (χ4v) is 4.94. The second-order valence-corrected chi connectivity index (χ2v) is 9.27. The number of aromatic nitrogens is 1. The Morgan fingerprint density at radius 2 is 1.94 bits per heavy atom. The average molecular weight is 490 g/mol. The van der Waals surface area contributed by atoms with Crippen LogP contribution in [0.25, 0.3) is 11.1 Å². The average Bonchev–Trinajstić information content (AvgIpc) is 2.87. The quantitative estimate of drug-likeness (QED) is 0.270. The number of aryl methyl sites for hydroxylation is 1. The molecule has 3 aromatic rings. The van der Waals surface area contributed by atoms with Crippen LogP contribution in [0.2, 0.25) is 0 Å². The van der Waals surface area contributed by atoms with Gasteiger partial charge in [0.25, 0.3) is 0 Å². The van der Waals surface area contributed by atoms with Gasteiger partial charge in [-0.1, -0.05) is 41.6 Å². The molecule has 2 heterocycles. The summed E-state index contributed by atoms with van der Waals surface area (Å²) in [5, 5.41) is 10.8. The van der Waals surface area contributed by atoms with Gasteiger partial charge in [0.1, 0.15) is 16.8 Å². The van der Waals surface area contributed by atoms with E-state index in [-0.39, 0.29) is 5.75 Å². The van der Waals surface area contributed by atoms with Crippen LogP contribution < -0.4 is 14.2 Å². The van der Waals surface area contributed by atoms with Gasteiger partial charge in [-0.25, -0.2) is 4.98 Å². The number of nitrogens with zero attached hydrogens (tertiary/aromatic N) is 3. The molecule has 1 aliphatic rings. The van der Waals surface area contributed by atoms with Crippen molar-refractivity contribution in [1.29, 1.82) is 5.26 Å². The molecule has 0 spiro atoms. The van der Waals surface area contributed by atoms with Crippen molar-refractivity contribution in [2.24, 2.45) is 0 Å². The molecular weight excluding hydrogens is 462 g/mol. The Hall–Kier alpha value is -3.54. The second-order valence-electron chi connectivity index (χ2n) is 8.31. The maximum Gasteiger partial charge on any atom is 0.321 e. The number of esters is 1. The lowest BCUT2D eigenvalue weighted by Gasteiger charge is -2.28. The molecule has 1 aromatic heterocycles. The number of benzene rings is 2. The van der Waals surface area contributed by atoms with Crippen molar-refractivity contribution in [3.63, 3.8) is 0 Å². The number of pyridine rings is 1. The third-order valence-corrected chi connectivity index (χ3v) is 6.82. The summed E-state index contributed by atoms with van der Waals surface area (Å²) < 4.78 is 16.7. The summed E-state index contributed by atoms with van der Waals surface area (Å²) in [6.45, 7) is 3.49. The lowest BCUT2D eigenvalue weighted by Crippen LogP contribution is -2.28. The second kappa shape index (κ2) is 10.8. The van der Waals surface area contributed by atoms with Crippen molar-refractivity contribution in [1.82, 2.24) is 9.88 Å². The summed E-state index contributed by atoms with van der Waals surface area (Å²) in [4.78, 5) is 19.6. The van der Waals surface area contributed by atoms with Crippen molar-refractivity contribution >= 4 is 17.7 Å². The van der Waals surface area contributed by atoms with E-state index in [0.717, 1.165) is 40.9 Å². The number of carbonyl (C=O) groups is 1. The predicted molar refractivity (Wildman–Crippen MR) is 135 cm³/mol. The Morgan fingerprint density at radius 1 is 1.17 bits per heavy atom. The fourth-order valence-electron chi connectivity index (χ4n) is 4.15. The van der Waals surface area contributed by atoms with Gasteiger partial charge in [0.05, 0.1) is 25.5 Å². The van der Waals surface area contributed by atoms with Gasteiger partial charge >= 0.3 is 5.97 Å². The van der Waals surface area contributed by atoms with Crippen molar-refractivity contribution < 1.29 is 19.0 Å². The smallest absolute Gasteiger partial charge is 0.321 e. The molecule has 0 aliphatic carbocycles. The van der Waals surface area contributed by atoms with Crippen molar-refractivity contribution in [3.05, 3.63) is 64.8 Å². The number of fused-ring (bicyclic) bond motifs is 1. The Bertz CT molecular complexity index is 1290. The molecule has 0 atom stereocenters. The van der Waals surface area contributed by atoms with Gasteiger partial charge in [0.15, 0.2) is 11.5 Å². The van der Waals surface area contributed by atoms with Crippen LogP contribution in [0.3, 0.4) is 0 Å². The van der Waals surface area contributed by atoms with E-state index in [9.17, 15) is 10.1 Å². The highest BCUT2D eigenvalue weighted by Gasteiger charge is 2.28. The molecule has 2 aromatic carbocycles. The zero-order valence-electron chi connectivity index (χ0n) is 20.3. The fraction of sp³-hybridized carbons (Fsp3) is 0.296. The first-order valence-electron chi connectivity index (χ1n) is 11.2. The number of methoxy groups -OCH3 is 2. The highest BCUT2D eigenvalue weighted by molar-refractivity contribution is 7.99. The van der Waals surface area contributed by atoms with Crippen LogP contribution >= 0.6 is 11.8 Å². The Balaban J connectivity index is 1.74. The molecule has 0 unspecified atom stereocenters. The molecule has 4 rings (SSSR count). The molecule has 35 heavy (non-hydrogen) atoms. The van der Waals surface area contributed by atoms with Gasteiger partial charge in [0, 0.05) is 36.3 Å². The molecule has 180 valence electrons. The summed E-state index contributed by atoms with van der Waals surface area (Å²) in [5.41, 5.74) is 4.96. The number of thioether (sulfide) groups is 1. The first kappa shape index (κ1) is 24.6. The van der Waals surface area contributed by atoms with Crippen LogP contribution in [0.15, 0.2) is 47.5 Å². The summed E-state index contributed by atoms with van der Waals surface area (Å²) in [6.07, 6.45) is 0.748. The number of carbonyl (C=O) groups excluding carboxylic acids is 1. The van der Waals surface area contributed by atoms with Crippen LogP contribution in [-0.2, 0) is 17.8 Å². The molecule has 0 radical (unpaired) electrons. The molecule has 0 saturated heterocycles. The van der Waals surface area contributed by atoms with Crippen molar-refractivity contribution in [2.75, 3.05) is 33.6 Å². The third kappa shape index (κ3) is 5.26. The zero-order chi connectivity index (χ0) is 24.9. The maximum absolute atomic E-state index is 12.5. The number of ether oxygens (including phenoxy) is 3. The van der Waals surface area contributed by atoms with Crippen LogP contribution in [0, 0.1) is 18.3 Å². The first-order chi connectivity index (χ1) is 16.9. The lowest BCUT2D eigenvalue weighted by molar-refractivity contribution is -0.131. The summed E-state index contributed by atoms with van der Waals surface area (Å²) in [7, 11) is 5.22. The zero-order valence-corrected chi connectivity index (χ0v) is 21.1. The topological polar surface area (TPSA) is 84.7 Å². The van der Waals surface area contributed by atoms with E-state index in [2.05, 4.69) is 11.0 Å². The number of hydrogen-bond acceptors (Lipinski definition) is 8. The number of nitriles is 1. The minimum atomic E-state index is -0.400. The first-order valence-corrected chi connectivity index (χ1v) is 12.2. The van der Waals surface area contributed by atoms with Gasteiger partial charge in [-0.15, -0.1) is 0 Å². The number of rotatable bonds is 7. The van der Waals surface area contributed by atoms with E-state index in [0.29, 0.717) is 34.4 Å². The Morgan fingerprint density at radius 3 is 2.63 bits per heavy atom. The SMILES string of the molecule is COc1cccc(-c2c(C#N)c(SCC(=O)Oc3ccc(C)cc3)nc3c2CN(C)CC3)c1OC. The standard InChI is InChI=1S/C27H27N3O4S/c1-17-8-10-18(11-9-17)34-24(31)16-35-27-20(14-28)25(21-15-30(2)13-12-22(21)29-27)19-6-5-7-23(32-3)26(19)33-4/h5-11H,12-13,15-16H2,1-4H3. The summed E-state index contributed by atoms with van der Waals surface area (Å²) in [6, 6.07) is 15.3. The third-order valence-electron chi connectivity index (χ3n) is 5.87. The van der Waals surface area contributed by atoms with Gasteiger partial charge in [0.2, 0.25) is 0 Å². The van der Waals surface area contributed by atoms with Crippen LogP contribution in [0.4, 0.5) is 0 Å². The largest absolute Gasteiger partial charge is 0.493 e. The monoisotopic (exact) mass is 489 g/mol. The molecule has 0 saturated carbocycles. The number of hydrogen-bond donors (Lipinski definition) is 0. The molecule has 0 fully saturated rings. The van der Waals surface area contributed by atoms with E-state index in [1.807, 2.05) is 44.3 Å². The van der Waals surface area contributed by atoms with E-state index in [4.69, 9.17) is 19.2 Å². The van der Waals surface area contributed by atoms with Gasteiger partial charge < -0.3 is 19.1 Å². The normalized spacial score (nSPS) is 13.0. The van der Waals surface area contributed by atoms with E-state index >= 15 is 0 Å². The van der Waals surface area contributed by atoms with Gasteiger partial charge in [-0.2, -0.15) is 5.26 Å². The molecule has 0 amide bonds. The Kier molecular flexibility index (Phi) is 7.59. The van der Waals surface area contributed by atoms with Crippen molar-refractivity contribution in [3.8, 4) is 34.4 Å². The molecular formula is C27H27N3O4S. The van der Waals surface area contributed by atoms with E-state index in [1.165, 1.54) is 11.8 Å². The molecule has 0 bridgehead atoms. The maximum atomic E-state index is 12.5. The summed E-state index contributed by atoms with van der Waals surface area (Å²) in [5.74, 6) is 1.26. The lowest BCUT2D eigenvalue weighted by atomic mass is 9.91. The summed E-state index contributed by atoms with van der Waals surface area (Å²) >= 11 is 1.21. The van der Waals surface area contributed by atoms with Crippen LogP contribution in [-0.4, -0.2) is 49.4 Å². The number of likely N-dealkylation sites (N-methyl/N-ethyl adjacent to an activating group) is 1. The minimum absolute atomic E-state index is 0.0307. The molecule has 0 N–H and O–H groups in total. The minimum Gasteiger partial charge on any atom is -0.493 e. The highest BCUT2D eigenvalue weighted by atomic mass is 32.2. The number of para-hydroxylation sites is 1. The molecule has 8 heteroatoms. The molecule has 7 nitrogen and oxygen atoms in total. The van der Waals surface area contributed by atoms with Gasteiger partial charge in [-0.3, -0.25) is 4.79 Å². The predicted octanol–water partition coefficient (Wildman–Crippen LogP) is 4.63. The highest BCUT2D eigenvalue weighted by Crippen LogP contribution is 2.44. The van der Waals surface area contributed by atoms with E-state index in [1.54, 1.807) is 26.4 Å². The molecule has 1 aliphatic heterocycles.